The van der Waals surface area contributed by atoms with Crippen molar-refractivity contribution in [3.8, 4) is 0 Å². The molecular weight excluding hydrogens is 174 g/mol. The molecule has 0 spiro atoms. The van der Waals surface area contributed by atoms with Crippen LogP contribution < -0.4 is 5.32 Å². The number of amides is 1. The van der Waals surface area contributed by atoms with Gasteiger partial charge in [0.25, 0.3) is 0 Å². The number of hydrogen-bond donors (Lipinski definition) is 1. The number of carbonyl (C=O) groups excluding carboxylic acids is 1. The normalized spacial score (nSPS) is 11.1. The predicted octanol–water partition coefficient (Wildman–Crippen LogP) is 2.35. The number of hydrogen-bond acceptors (Lipinski definition) is 1. The van der Waals surface area contributed by atoms with Crippen molar-refractivity contribution in [1.29, 1.82) is 0 Å². The van der Waals surface area contributed by atoms with Crippen molar-refractivity contribution in [2.75, 3.05) is 0 Å². The van der Waals surface area contributed by atoms with E-state index < -0.39 is 0 Å². The molecule has 1 rings (SSSR count). The lowest BCUT2D eigenvalue weighted by atomic mass is 9.95. The Bertz CT molecular complexity index is 298. The maximum Gasteiger partial charge on any atom is 0.225 e. The van der Waals surface area contributed by atoms with Gasteiger partial charge in [-0.2, -0.15) is 0 Å². The van der Waals surface area contributed by atoms with Gasteiger partial charge in [-0.25, -0.2) is 0 Å². The van der Waals surface area contributed by atoms with Gasteiger partial charge in [0, 0.05) is 12.0 Å². The first-order valence-electron chi connectivity index (χ1n) is 4.82. The molecule has 0 atom stereocenters. The largest absolute Gasteiger partial charge is 0.352 e. The number of carbonyl (C=O) groups is 1. The molecule has 1 N–H and O–H groups in total. The fourth-order valence-corrected chi connectivity index (χ4v) is 1.04. The van der Waals surface area contributed by atoms with Crippen LogP contribution in [-0.4, -0.2) is 5.91 Å². The molecule has 1 aromatic carbocycles. The first kappa shape index (κ1) is 10.8. The summed E-state index contributed by atoms with van der Waals surface area (Å²) in [6.07, 6.45) is 0. The zero-order valence-corrected chi connectivity index (χ0v) is 9.00. The SMILES string of the molecule is CC(C)(C)C(=O)NCc1ccccc1. The van der Waals surface area contributed by atoms with Gasteiger partial charge in [0.05, 0.1) is 0 Å². The smallest absolute Gasteiger partial charge is 0.225 e. The van der Waals surface area contributed by atoms with Gasteiger partial charge in [-0.3, -0.25) is 4.79 Å². The molecule has 2 nitrogen and oxygen atoms in total. The number of rotatable bonds is 2. The van der Waals surface area contributed by atoms with E-state index in [1.54, 1.807) is 0 Å². The average molecular weight is 191 g/mol. The van der Waals surface area contributed by atoms with Crippen LogP contribution in [0.3, 0.4) is 0 Å². The topological polar surface area (TPSA) is 29.1 Å². The summed E-state index contributed by atoms with van der Waals surface area (Å²) in [4.78, 5) is 11.5. The Morgan fingerprint density at radius 2 is 1.79 bits per heavy atom. The third kappa shape index (κ3) is 3.21. The molecule has 2 heteroatoms. The molecule has 14 heavy (non-hydrogen) atoms. The highest BCUT2D eigenvalue weighted by atomic mass is 16.2. The van der Waals surface area contributed by atoms with Crippen molar-refractivity contribution in [3.63, 3.8) is 0 Å². The van der Waals surface area contributed by atoms with Gasteiger partial charge in [0.2, 0.25) is 5.91 Å². The summed E-state index contributed by atoms with van der Waals surface area (Å²) in [6, 6.07) is 9.91. The van der Waals surface area contributed by atoms with E-state index in [9.17, 15) is 4.79 Å². The van der Waals surface area contributed by atoms with Crippen LogP contribution in [0.5, 0.6) is 0 Å². The zero-order valence-electron chi connectivity index (χ0n) is 9.00. The first-order chi connectivity index (χ1) is 6.50. The maximum atomic E-state index is 11.5. The Balaban J connectivity index is 2.46. The Labute approximate surface area is 85.3 Å². The van der Waals surface area contributed by atoms with Crippen molar-refractivity contribution in [2.45, 2.75) is 27.3 Å². The van der Waals surface area contributed by atoms with Crippen molar-refractivity contribution >= 4 is 5.91 Å². The third-order valence-electron chi connectivity index (χ3n) is 1.98. The van der Waals surface area contributed by atoms with E-state index in [0.717, 1.165) is 5.56 Å². The van der Waals surface area contributed by atoms with Crippen LogP contribution in [0.25, 0.3) is 0 Å². The second kappa shape index (κ2) is 4.27. The molecule has 0 aromatic heterocycles. The molecule has 1 amide bonds. The van der Waals surface area contributed by atoms with Gasteiger partial charge in [0.15, 0.2) is 0 Å². The van der Waals surface area contributed by atoms with Gasteiger partial charge in [-0.05, 0) is 5.56 Å². The quantitative estimate of drug-likeness (QED) is 0.763. The highest BCUT2D eigenvalue weighted by Gasteiger charge is 2.20. The summed E-state index contributed by atoms with van der Waals surface area (Å²) in [6.45, 7) is 6.34. The van der Waals surface area contributed by atoms with E-state index in [4.69, 9.17) is 0 Å². The van der Waals surface area contributed by atoms with Gasteiger partial charge < -0.3 is 5.32 Å². The van der Waals surface area contributed by atoms with E-state index in [-0.39, 0.29) is 11.3 Å². The van der Waals surface area contributed by atoms with Gasteiger partial charge in [-0.1, -0.05) is 51.1 Å². The standard InChI is InChI=1S/C12H17NO/c1-12(2,3)11(14)13-9-10-7-5-4-6-8-10/h4-8H,9H2,1-3H3,(H,13,14). The second-order valence-corrected chi connectivity index (χ2v) is 4.42. The Hall–Kier alpha value is -1.31. The van der Waals surface area contributed by atoms with Crippen molar-refractivity contribution in [3.05, 3.63) is 35.9 Å². The van der Waals surface area contributed by atoms with E-state index >= 15 is 0 Å². The average Bonchev–Trinajstić information content (AvgIpc) is 2.14. The molecule has 0 aliphatic rings. The molecule has 0 heterocycles. The summed E-state index contributed by atoms with van der Waals surface area (Å²) in [7, 11) is 0. The molecule has 0 fully saturated rings. The summed E-state index contributed by atoms with van der Waals surface area (Å²) in [5, 5.41) is 2.90. The summed E-state index contributed by atoms with van der Waals surface area (Å²) in [5.74, 6) is 0.0846. The van der Waals surface area contributed by atoms with Crippen LogP contribution in [0.4, 0.5) is 0 Å². The zero-order chi connectivity index (χ0) is 10.6. The Morgan fingerprint density at radius 1 is 1.21 bits per heavy atom. The van der Waals surface area contributed by atoms with Gasteiger partial charge in [-0.15, -0.1) is 0 Å². The molecule has 76 valence electrons. The fraction of sp³-hybridized carbons (Fsp3) is 0.417. The molecule has 0 unspecified atom stereocenters. The van der Waals surface area contributed by atoms with E-state index in [1.807, 2.05) is 51.1 Å². The lowest BCUT2D eigenvalue weighted by Gasteiger charge is -2.17. The maximum absolute atomic E-state index is 11.5. The van der Waals surface area contributed by atoms with E-state index in [2.05, 4.69) is 5.32 Å². The molecule has 0 radical (unpaired) electrons. The molecular formula is C12H17NO. The number of nitrogens with one attached hydrogen (secondary N) is 1. The highest BCUT2D eigenvalue weighted by molar-refractivity contribution is 5.81. The van der Waals surface area contributed by atoms with Gasteiger partial charge >= 0.3 is 0 Å². The molecule has 0 aliphatic carbocycles. The van der Waals surface area contributed by atoms with Crippen LogP contribution in [0.1, 0.15) is 26.3 Å². The predicted molar refractivity (Wildman–Crippen MR) is 57.7 cm³/mol. The summed E-state index contributed by atoms with van der Waals surface area (Å²) in [5.41, 5.74) is 0.819. The van der Waals surface area contributed by atoms with Crippen LogP contribution in [0.15, 0.2) is 30.3 Å². The lowest BCUT2D eigenvalue weighted by Crippen LogP contribution is -2.34. The van der Waals surface area contributed by atoms with Gasteiger partial charge in [0.1, 0.15) is 0 Å². The van der Waals surface area contributed by atoms with Crippen molar-refractivity contribution in [2.24, 2.45) is 5.41 Å². The summed E-state index contributed by atoms with van der Waals surface area (Å²) < 4.78 is 0. The monoisotopic (exact) mass is 191 g/mol. The number of benzene rings is 1. The minimum atomic E-state index is -0.311. The fourth-order valence-electron chi connectivity index (χ4n) is 1.04. The van der Waals surface area contributed by atoms with E-state index in [0.29, 0.717) is 6.54 Å². The molecule has 0 aliphatic heterocycles. The van der Waals surface area contributed by atoms with Crippen LogP contribution in [0, 0.1) is 5.41 Å². The molecule has 0 saturated heterocycles. The first-order valence-corrected chi connectivity index (χ1v) is 4.82. The second-order valence-electron chi connectivity index (χ2n) is 4.42. The Morgan fingerprint density at radius 3 is 2.29 bits per heavy atom. The molecule has 0 bridgehead atoms. The minimum Gasteiger partial charge on any atom is -0.352 e. The van der Waals surface area contributed by atoms with Crippen molar-refractivity contribution < 1.29 is 4.79 Å². The third-order valence-corrected chi connectivity index (χ3v) is 1.98. The minimum absolute atomic E-state index is 0.0846. The van der Waals surface area contributed by atoms with Crippen molar-refractivity contribution in [1.82, 2.24) is 5.32 Å². The van der Waals surface area contributed by atoms with E-state index in [1.165, 1.54) is 0 Å². The van der Waals surface area contributed by atoms with Crippen LogP contribution in [-0.2, 0) is 11.3 Å². The highest BCUT2D eigenvalue weighted by Crippen LogP contribution is 2.12. The van der Waals surface area contributed by atoms with Crippen LogP contribution in [0.2, 0.25) is 0 Å². The van der Waals surface area contributed by atoms with Crippen LogP contribution >= 0.6 is 0 Å². The Kier molecular flexibility index (Phi) is 3.28. The summed E-state index contributed by atoms with van der Waals surface area (Å²) >= 11 is 0. The molecule has 0 saturated carbocycles. The molecule has 1 aromatic rings. The lowest BCUT2D eigenvalue weighted by molar-refractivity contribution is -0.128.